The van der Waals surface area contributed by atoms with Crippen LogP contribution in [-0.4, -0.2) is 37.2 Å². The molecule has 0 N–H and O–H groups in total. The molecule has 0 aromatic rings. The Kier molecular flexibility index (Phi) is 69.0. The maximum Gasteiger partial charge on any atom is 0.306 e. The minimum atomic E-state index is -0.769. The van der Waals surface area contributed by atoms with Crippen molar-refractivity contribution in [2.75, 3.05) is 13.2 Å². The maximum atomic E-state index is 12.9. The van der Waals surface area contributed by atoms with E-state index < -0.39 is 6.10 Å². The number of ether oxygens (including phenoxy) is 3. The summed E-state index contributed by atoms with van der Waals surface area (Å²) in [4.78, 5) is 38.4. The standard InChI is InChI=1S/C75H144O6/c1-4-7-10-13-16-19-22-25-27-29-31-32-33-34-35-36-37-38-39-40-41-42-43-45-46-48-50-53-56-59-62-65-68-74(77)80-71-72(70-79-73(76)67-64-61-58-55-52-24-21-18-15-12-9-6-3)81-75(78)69-66-63-60-57-54-51-49-47-44-30-28-26-23-20-17-14-11-8-5-2/h18,21,72H,4-17,19-20,22-71H2,1-3H3/b21-18-. The average molecular weight is 1140 g/mol. The van der Waals surface area contributed by atoms with Crippen molar-refractivity contribution in [3.63, 3.8) is 0 Å². The van der Waals surface area contributed by atoms with E-state index in [1.165, 1.54) is 327 Å². The molecule has 0 aromatic carbocycles. The van der Waals surface area contributed by atoms with Crippen LogP contribution in [0.5, 0.6) is 0 Å². The van der Waals surface area contributed by atoms with Gasteiger partial charge in [-0.2, -0.15) is 0 Å². The number of hydrogen-bond acceptors (Lipinski definition) is 6. The van der Waals surface area contributed by atoms with Crippen molar-refractivity contribution < 1.29 is 28.6 Å². The Balaban J connectivity index is 4.08. The van der Waals surface area contributed by atoms with E-state index in [4.69, 9.17) is 14.2 Å². The Bertz CT molecular complexity index is 1260. The van der Waals surface area contributed by atoms with Gasteiger partial charge in [0, 0.05) is 19.3 Å². The zero-order valence-corrected chi connectivity index (χ0v) is 55.4. The number of rotatable bonds is 70. The van der Waals surface area contributed by atoms with Gasteiger partial charge >= 0.3 is 17.9 Å². The highest BCUT2D eigenvalue weighted by Gasteiger charge is 2.20. The molecule has 0 spiro atoms. The molecule has 1 unspecified atom stereocenters. The van der Waals surface area contributed by atoms with Gasteiger partial charge in [-0.05, 0) is 44.9 Å². The fourth-order valence-electron chi connectivity index (χ4n) is 11.7. The minimum absolute atomic E-state index is 0.0657. The first kappa shape index (κ1) is 79.2. The predicted molar refractivity (Wildman–Crippen MR) is 353 cm³/mol. The van der Waals surface area contributed by atoms with Crippen LogP contribution in [-0.2, 0) is 28.6 Å². The van der Waals surface area contributed by atoms with Gasteiger partial charge in [-0.15, -0.1) is 0 Å². The highest BCUT2D eigenvalue weighted by molar-refractivity contribution is 5.71. The molecule has 0 fully saturated rings. The minimum Gasteiger partial charge on any atom is -0.462 e. The van der Waals surface area contributed by atoms with E-state index in [0.717, 1.165) is 64.2 Å². The third-order valence-corrected chi connectivity index (χ3v) is 17.3. The SMILES string of the molecule is CCCCC/C=C\CCCCCCCC(=O)OCC(COC(=O)CCCCCCCCCCCCCCCCCCCCCCCCCCCCCCCCCC)OC(=O)CCCCCCCCCCCCCCCCCCCCC. The summed E-state index contributed by atoms with van der Waals surface area (Å²) in [7, 11) is 0. The van der Waals surface area contributed by atoms with Crippen molar-refractivity contribution >= 4 is 17.9 Å². The maximum absolute atomic E-state index is 12.9. The quantitative estimate of drug-likeness (QED) is 0.0261. The Morgan fingerprint density at radius 3 is 0.642 bits per heavy atom. The molecule has 0 heterocycles. The second-order valence-electron chi connectivity index (χ2n) is 25.6. The van der Waals surface area contributed by atoms with E-state index in [2.05, 4.69) is 32.9 Å². The van der Waals surface area contributed by atoms with E-state index in [9.17, 15) is 14.4 Å². The number of hydrogen-bond donors (Lipinski definition) is 0. The lowest BCUT2D eigenvalue weighted by Gasteiger charge is -2.18. The van der Waals surface area contributed by atoms with Crippen molar-refractivity contribution in [2.24, 2.45) is 0 Å². The highest BCUT2D eigenvalue weighted by Crippen LogP contribution is 2.20. The second kappa shape index (κ2) is 70.6. The molecule has 0 amide bonds. The molecule has 0 saturated carbocycles. The normalized spacial score (nSPS) is 12.0. The molecule has 480 valence electrons. The zero-order chi connectivity index (χ0) is 58.5. The van der Waals surface area contributed by atoms with E-state index in [1.807, 2.05) is 0 Å². The molecule has 0 aliphatic rings. The lowest BCUT2D eigenvalue weighted by molar-refractivity contribution is -0.167. The van der Waals surface area contributed by atoms with Crippen LogP contribution in [0.3, 0.4) is 0 Å². The number of carbonyl (C=O) groups excluding carboxylic acids is 3. The summed E-state index contributed by atoms with van der Waals surface area (Å²) in [6.07, 6.45) is 85.6. The van der Waals surface area contributed by atoms with Crippen molar-refractivity contribution in [3.8, 4) is 0 Å². The summed E-state index contributed by atoms with van der Waals surface area (Å²) < 4.78 is 17.0. The van der Waals surface area contributed by atoms with Gasteiger partial charge in [0.15, 0.2) is 6.10 Å². The number of allylic oxidation sites excluding steroid dienone is 2. The van der Waals surface area contributed by atoms with Gasteiger partial charge in [0.1, 0.15) is 13.2 Å². The first-order valence-electron chi connectivity index (χ1n) is 37.2. The molecule has 0 radical (unpaired) electrons. The van der Waals surface area contributed by atoms with Crippen LogP contribution in [0, 0.1) is 0 Å². The van der Waals surface area contributed by atoms with Crippen LogP contribution >= 0.6 is 0 Å². The van der Waals surface area contributed by atoms with Crippen molar-refractivity contribution in [3.05, 3.63) is 12.2 Å². The van der Waals surface area contributed by atoms with Crippen LogP contribution in [0.1, 0.15) is 432 Å². The number of esters is 3. The Morgan fingerprint density at radius 1 is 0.235 bits per heavy atom. The highest BCUT2D eigenvalue weighted by atomic mass is 16.6. The first-order valence-corrected chi connectivity index (χ1v) is 37.2. The van der Waals surface area contributed by atoms with Gasteiger partial charge in [0.05, 0.1) is 0 Å². The average Bonchev–Trinajstić information content (AvgIpc) is 3.47. The van der Waals surface area contributed by atoms with Crippen LogP contribution in [0.25, 0.3) is 0 Å². The third kappa shape index (κ3) is 68.8. The topological polar surface area (TPSA) is 78.9 Å². The fourth-order valence-corrected chi connectivity index (χ4v) is 11.7. The summed E-state index contributed by atoms with van der Waals surface area (Å²) in [5, 5.41) is 0. The summed E-state index contributed by atoms with van der Waals surface area (Å²) >= 11 is 0. The molecular weight excluding hydrogens is 997 g/mol. The van der Waals surface area contributed by atoms with Crippen molar-refractivity contribution in [2.45, 2.75) is 438 Å². The van der Waals surface area contributed by atoms with Crippen molar-refractivity contribution in [1.29, 1.82) is 0 Å². The van der Waals surface area contributed by atoms with Crippen LogP contribution in [0.15, 0.2) is 12.2 Å². The number of carbonyl (C=O) groups is 3. The largest absolute Gasteiger partial charge is 0.462 e. The molecule has 0 rings (SSSR count). The monoisotopic (exact) mass is 1140 g/mol. The van der Waals surface area contributed by atoms with E-state index >= 15 is 0 Å². The molecule has 6 nitrogen and oxygen atoms in total. The second-order valence-corrected chi connectivity index (χ2v) is 25.6. The Hall–Kier alpha value is -1.85. The molecule has 81 heavy (non-hydrogen) atoms. The van der Waals surface area contributed by atoms with Gasteiger partial charge in [0.25, 0.3) is 0 Å². The summed E-state index contributed by atoms with van der Waals surface area (Å²) in [6.45, 7) is 6.70. The molecular formula is C75H144O6. The molecule has 0 aromatic heterocycles. The molecule has 1 atom stereocenters. The Morgan fingerprint density at radius 2 is 0.407 bits per heavy atom. The van der Waals surface area contributed by atoms with Gasteiger partial charge < -0.3 is 14.2 Å². The van der Waals surface area contributed by atoms with Crippen LogP contribution < -0.4 is 0 Å². The Labute approximate surface area is 507 Å². The van der Waals surface area contributed by atoms with E-state index in [1.54, 1.807) is 0 Å². The summed E-state index contributed by atoms with van der Waals surface area (Å²) in [6, 6.07) is 0. The third-order valence-electron chi connectivity index (χ3n) is 17.3. The van der Waals surface area contributed by atoms with Crippen LogP contribution in [0.2, 0.25) is 0 Å². The molecule has 0 bridgehead atoms. The summed E-state index contributed by atoms with van der Waals surface area (Å²) in [5.74, 6) is -0.840. The molecule has 0 saturated heterocycles. The van der Waals surface area contributed by atoms with Crippen molar-refractivity contribution in [1.82, 2.24) is 0 Å². The van der Waals surface area contributed by atoms with Gasteiger partial charge in [-0.3, -0.25) is 14.4 Å². The fraction of sp³-hybridized carbons (Fsp3) is 0.933. The first-order chi connectivity index (χ1) is 40.0. The zero-order valence-electron chi connectivity index (χ0n) is 55.4. The van der Waals surface area contributed by atoms with E-state index in [0.29, 0.717) is 19.3 Å². The lowest BCUT2D eigenvalue weighted by atomic mass is 10.0. The number of unbranched alkanes of at least 4 members (excludes halogenated alkanes) is 57. The smallest absolute Gasteiger partial charge is 0.306 e. The van der Waals surface area contributed by atoms with Crippen LogP contribution in [0.4, 0.5) is 0 Å². The van der Waals surface area contributed by atoms with E-state index in [-0.39, 0.29) is 31.1 Å². The molecule has 0 aliphatic carbocycles. The molecule has 6 heteroatoms. The van der Waals surface area contributed by atoms with Gasteiger partial charge in [-0.1, -0.05) is 380 Å². The predicted octanol–water partition coefficient (Wildman–Crippen LogP) is 25.6. The molecule has 0 aliphatic heterocycles. The van der Waals surface area contributed by atoms with Gasteiger partial charge in [0.2, 0.25) is 0 Å². The summed E-state index contributed by atoms with van der Waals surface area (Å²) in [5.41, 5.74) is 0. The lowest BCUT2D eigenvalue weighted by Crippen LogP contribution is -2.30. The van der Waals surface area contributed by atoms with Gasteiger partial charge in [-0.25, -0.2) is 0 Å².